The van der Waals surface area contributed by atoms with Gasteiger partial charge >= 0.3 is 0 Å². The molecule has 1 heterocycles. The summed E-state index contributed by atoms with van der Waals surface area (Å²) in [4.78, 5) is 12.3. The Morgan fingerprint density at radius 1 is 1.42 bits per heavy atom. The van der Waals surface area contributed by atoms with Crippen LogP contribution in [0.4, 0.5) is 5.69 Å². The third-order valence-electron chi connectivity index (χ3n) is 1.92. The van der Waals surface area contributed by atoms with Crippen LogP contribution in [0.15, 0.2) is 24.3 Å². The number of hydrogen-bond acceptors (Lipinski definition) is 2. The van der Waals surface area contributed by atoms with E-state index < -0.39 is 0 Å². The minimum atomic E-state index is -0.140. The topological polar surface area (TPSA) is 44.1 Å². The molecule has 3 heteroatoms. The van der Waals surface area contributed by atoms with Crippen LogP contribution in [0.2, 0.25) is 0 Å². The zero-order chi connectivity index (χ0) is 8.55. The van der Waals surface area contributed by atoms with Crippen molar-refractivity contribution >= 4 is 11.6 Å². The van der Waals surface area contributed by atoms with Gasteiger partial charge in [0.1, 0.15) is 0 Å². The minimum absolute atomic E-state index is 0.140. The number of para-hydroxylation sites is 1. The smallest absolute Gasteiger partial charge is 0.244 e. The molecule has 0 aliphatic carbocycles. The highest BCUT2D eigenvalue weighted by Crippen LogP contribution is 2.27. The lowest BCUT2D eigenvalue weighted by Gasteiger charge is -2.03. The number of nitriles is 1. The number of benzene rings is 1. The second kappa shape index (κ2) is 2.35. The standard InChI is InChI=1S/C9H6N2O/c10-6-11-8-4-2-1-3-7(8)5-9(11)12/h1-4H,5H2. The fourth-order valence-corrected chi connectivity index (χ4v) is 1.36. The van der Waals surface area contributed by atoms with Crippen LogP contribution in [0, 0.1) is 11.5 Å². The number of fused-ring (bicyclic) bond motifs is 1. The van der Waals surface area contributed by atoms with E-state index in [4.69, 9.17) is 5.26 Å². The number of carbonyl (C=O) groups is 1. The van der Waals surface area contributed by atoms with Crippen molar-refractivity contribution in [3.05, 3.63) is 29.8 Å². The maximum atomic E-state index is 11.2. The molecule has 1 aromatic carbocycles. The Balaban J connectivity index is 2.56. The normalized spacial score (nSPS) is 14.2. The van der Waals surface area contributed by atoms with Crippen LogP contribution in [0.5, 0.6) is 0 Å². The largest absolute Gasteiger partial charge is 0.273 e. The Hall–Kier alpha value is -1.82. The lowest BCUT2D eigenvalue weighted by molar-refractivity contribution is -0.116. The highest BCUT2D eigenvalue weighted by molar-refractivity contribution is 6.03. The van der Waals surface area contributed by atoms with Crippen LogP contribution >= 0.6 is 0 Å². The van der Waals surface area contributed by atoms with E-state index >= 15 is 0 Å². The molecule has 58 valence electrons. The highest BCUT2D eigenvalue weighted by Gasteiger charge is 2.26. The van der Waals surface area contributed by atoms with Crippen LogP contribution in [-0.2, 0) is 11.2 Å². The minimum Gasteiger partial charge on any atom is -0.273 e. The van der Waals surface area contributed by atoms with Gasteiger partial charge in [0.2, 0.25) is 5.91 Å². The summed E-state index contributed by atoms with van der Waals surface area (Å²) in [5.74, 6) is -0.140. The predicted octanol–water partition coefficient (Wildman–Crippen LogP) is 1.06. The molecule has 3 nitrogen and oxygen atoms in total. The summed E-state index contributed by atoms with van der Waals surface area (Å²) >= 11 is 0. The molecule has 0 N–H and O–H groups in total. The highest BCUT2D eigenvalue weighted by atomic mass is 16.2. The third kappa shape index (κ3) is 0.785. The maximum absolute atomic E-state index is 11.2. The summed E-state index contributed by atoms with van der Waals surface area (Å²) in [6, 6.07) is 7.34. The van der Waals surface area contributed by atoms with Crippen molar-refractivity contribution in [2.45, 2.75) is 6.42 Å². The molecule has 1 amide bonds. The molecule has 0 saturated heterocycles. The lowest BCUT2D eigenvalue weighted by Crippen LogP contribution is -2.19. The first-order chi connectivity index (χ1) is 5.83. The second-order valence-electron chi connectivity index (χ2n) is 2.63. The average molecular weight is 158 g/mol. The fourth-order valence-electron chi connectivity index (χ4n) is 1.36. The summed E-state index contributed by atoms with van der Waals surface area (Å²) < 4.78 is 0. The summed E-state index contributed by atoms with van der Waals surface area (Å²) in [5.41, 5.74) is 1.66. The Morgan fingerprint density at radius 3 is 2.92 bits per heavy atom. The van der Waals surface area contributed by atoms with Crippen LogP contribution in [0.25, 0.3) is 0 Å². The van der Waals surface area contributed by atoms with E-state index in [2.05, 4.69) is 0 Å². The van der Waals surface area contributed by atoms with Crippen molar-refractivity contribution in [3.63, 3.8) is 0 Å². The van der Waals surface area contributed by atoms with E-state index in [9.17, 15) is 4.79 Å². The van der Waals surface area contributed by atoms with Gasteiger partial charge in [-0.3, -0.25) is 4.79 Å². The Labute approximate surface area is 69.8 Å². The van der Waals surface area contributed by atoms with E-state index in [1.54, 1.807) is 6.07 Å². The van der Waals surface area contributed by atoms with E-state index in [0.29, 0.717) is 6.42 Å². The van der Waals surface area contributed by atoms with Gasteiger partial charge in [0.15, 0.2) is 6.19 Å². The van der Waals surface area contributed by atoms with Crippen LogP contribution in [0.1, 0.15) is 5.56 Å². The molecule has 1 aliphatic rings. The molecule has 0 spiro atoms. The molecule has 2 rings (SSSR count). The van der Waals surface area contributed by atoms with E-state index in [1.165, 1.54) is 0 Å². The van der Waals surface area contributed by atoms with E-state index in [0.717, 1.165) is 16.2 Å². The van der Waals surface area contributed by atoms with Gasteiger partial charge in [0.05, 0.1) is 12.1 Å². The molecule has 0 unspecified atom stereocenters. The van der Waals surface area contributed by atoms with Crippen LogP contribution < -0.4 is 4.90 Å². The predicted molar refractivity (Wildman–Crippen MR) is 43.2 cm³/mol. The van der Waals surface area contributed by atoms with Gasteiger partial charge in [-0.15, -0.1) is 0 Å². The molecule has 0 saturated carbocycles. The summed E-state index contributed by atoms with van der Waals surface area (Å²) in [7, 11) is 0. The number of nitrogens with zero attached hydrogens (tertiary/aromatic N) is 2. The molecule has 0 bridgehead atoms. The first-order valence-electron chi connectivity index (χ1n) is 3.63. The first kappa shape index (κ1) is 6.86. The van der Waals surface area contributed by atoms with Gasteiger partial charge in [-0.2, -0.15) is 5.26 Å². The monoisotopic (exact) mass is 158 g/mol. The molecule has 0 fully saturated rings. The van der Waals surface area contributed by atoms with Crippen molar-refractivity contribution in [1.29, 1.82) is 5.26 Å². The van der Waals surface area contributed by atoms with Gasteiger partial charge in [-0.05, 0) is 11.6 Å². The molecule has 0 radical (unpaired) electrons. The van der Waals surface area contributed by atoms with Gasteiger partial charge in [0.25, 0.3) is 0 Å². The van der Waals surface area contributed by atoms with Gasteiger partial charge in [-0.25, -0.2) is 4.90 Å². The van der Waals surface area contributed by atoms with Crippen molar-refractivity contribution in [2.24, 2.45) is 0 Å². The zero-order valence-corrected chi connectivity index (χ0v) is 6.32. The number of amides is 1. The van der Waals surface area contributed by atoms with Gasteiger partial charge < -0.3 is 0 Å². The first-order valence-corrected chi connectivity index (χ1v) is 3.63. The fraction of sp³-hybridized carbons (Fsp3) is 0.111. The molecule has 0 aromatic heterocycles. The lowest BCUT2D eigenvalue weighted by atomic mass is 10.2. The molecule has 1 aliphatic heterocycles. The van der Waals surface area contributed by atoms with Crippen molar-refractivity contribution in [1.82, 2.24) is 0 Å². The quantitative estimate of drug-likeness (QED) is 0.530. The average Bonchev–Trinajstić information content (AvgIpc) is 2.40. The second-order valence-corrected chi connectivity index (χ2v) is 2.63. The zero-order valence-electron chi connectivity index (χ0n) is 6.32. The SMILES string of the molecule is N#CN1C(=O)Cc2ccccc21. The van der Waals surface area contributed by atoms with Crippen molar-refractivity contribution < 1.29 is 4.79 Å². The van der Waals surface area contributed by atoms with Crippen LogP contribution in [-0.4, -0.2) is 5.91 Å². The Bertz CT molecular complexity index is 378. The van der Waals surface area contributed by atoms with Crippen molar-refractivity contribution in [3.8, 4) is 6.19 Å². The molecule has 0 atom stereocenters. The third-order valence-corrected chi connectivity index (χ3v) is 1.92. The number of hydrogen-bond donors (Lipinski definition) is 0. The van der Waals surface area contributed by atoms with E-state index in [-0.39, 0.29) is 5.91 Å². The van der Waals surface area contributed by atoms with Crippen LogP contribution in [0.3, 0.4) is 0 Å². The molecule has 12 heavy (non-hydrogen) atoms. The summed E-state index contributed by atoms with van der Waals surface area (Å²) in [6.07, 6.45) is 2.20. The van der Waals surface area contributed by atoms with Crippen molar-refractivity contribution in [2.75, 3.05) is 4.90 Å². The summed E-state index contributed by atoms with van der Waals surface area (Å²) in [6.45, 7) is 0. The molecule has 1 aromatic rings. The summed E-state index contributed by atoms with van der Waals surface area (Å²) in [5, 5.41) is 8.64. The number of anilines is 1. The maximum Gasteiger partial charge on any atom is 0.244 e. The van der Waals surface area contributed by atoms with E-state index in [1.807, 2.05) is 24.4 Å². The van der Waals surface area contributed by atoms with Gasteiger partial charge in [-0.1, -0.05) is 18.2 Å². The number of carbonyl (C=O) groups excluding carboxylic acids is 1. The number of rotatable bonds is 0. The molecular formula is C9H6N2O. The Morgan fingerprint density at radius 2 is 2.17 bits per heavy atom. The Kier molecular flexibility index (Phi) is 1.34. The molecular weight excluding hydrogens is 152 g/mol. The van der Waals surface area contributed by atoms with Gasteiger partial charge in [0, 0.05) is 0 Å².